The lowest BCUT2D eigenvalue weighted by Crippen LogP contribution is -2.11. The number of epoxide rings is 1. The van der Waals surface area contributed by atoms with Gasteiger partial charge in [0.2, 0.25) is 0 Å². The lowest BCUT2D eigenvalue weighted by Gasteiger charge is -2.19. The van der Waals surface area contributed by atoms with Gasteiger partial charge in [-0.15, -0.1) is 0 Å². The molecule has 0 amide bonds. The molecule has 1 aromatic rings. The van der Waals surface area contributed by atoms with Crippen LogP contribution in [-0.2, 0) is 10.2 Å². The molecule has 0 radical (unpaired) electrons. The number of anilines is 1. The van der Waals surface area contributed by atoms with Crippen molar-refractivity contribution in [3.8, 4) is 5.75 Å². The van der Waals surface area contributed by atoms with E-state index in [1.54, 1.807) is 6.20 Å². The van der Waals surface area contributed by atoms with E-state index in [0.29, 0.717) is 12.7 Å². The molecule has 1 aliphatic carbocycles. The van der Waals surface area contributed by atoms with Crippen molar-refractivity contribution in [1.82, 2.24) is 0 Å². The van der Waals surface area contributed by atoms with Crippen LogP contribution in [0.2, 0.25) is 0 Å². The predicted octanol–water partition coefficient (Wildman–Crippen LogP) is 3.07. The molecule has 3 rings (SSSR count). The quantitative estimate of drug-likeness (QED) is 0.782. The second-order valence-electron chi connectivity index (χ2n) is 5.35. The molecule has 96 valence electrons. The summed E-state index contributed by atoms with van der Waals surface area (Å²) >= 11 is 0. The van der Waals surface area contributed by atoms with Crippen molar-refractivity contribution in [3.05, 3.63) is 36.5 Å². The molecule has 1 saturated heterocycles. The number of hydrogen-bond acceptors (Lipinski definition) is 3. The van der Waals surface area contributed by atoms with Crippen LogP contribution >= 0.6 is 0 Å². The van der Waals surface area contributed by atoms with E-state index in [0.717, 1.165) is 18.0 Å². The molecule has 1 atom stereocenters. The van der Waals surface area contributed by atoms with Crippen molar-refractivity contribution >= 4 is 5.69 Å². The van der Waals surface area contributed by atoms with Crippen LogP contribution in [0.4, 0.5) is 5.69 Å². The van der Waals surface area contributed by atoms with Gasteiger partial charge in [-0.2, -0.15) is 0 Å². The first-order chi connectivity index (χ1) is 8.73. The number of rotatable bonds is 6. The zero-order valence-electron chi connectivity index (χ0n) is 10.7. The van der Waals surface area contributed by atoms with Crippen LogP contribution in [0.15, 0.2) is 31.0 Å². The van der Waals surface area contributed by atoms with Gasteiger partial charge in [0.1, 0.15) is 18.5 Å². The molecule has 1 N–H and O–H groups in total. The maximum atomic E-state index is 5.92. The molecular formula is C15H19NO2. The highest BCUT2D eigenvalue weighted by atomic mass is 16.6. The second-order valence-corrected chi connectivity index (χ2v) is 5.35. The molecular weight excluding hydrogens is 226 g/mol. The summed E-state index contributed by atoms with van der Waals surface area (Å²) in [5, 5.41) is 3.22. The van der Waals surface area contributed by atoms with Crippen molar-refractivity contribution in [2.75, 3.05) is 18.5 Å². The third-order valence-corrected chi connectivity index (χ3v) is 3.71. The van der Waals surface area contributed by atoms with Crippen LogP contribution < -0.4 is 10.1 Å². The second kappa shape index (κ2) is 4.32. The van der Waals surface area contributed by atoms with Gasteiger partial charge in [0.25, 0.3) is 0 Å². The predicted molar refractivity (Wildman–Crippen MR) is 72.1 cm³/mol. The fourth-order valence-corrected chi connectivity index (χ4v) is 2.29. The maximum Gasteiger partial charge on any atom is 0.125 e. The van der Waals surface area contributed by atoms with Crippen LogP contribution in [0.5, 0.6) is 5.75 Å². The highest BCUT2D eigenvalue weighted by molar-refractivity contribution is 5.63. The van der Waals surface area contributed by atoms with Gasteiger partial charge in [-0.1, -0.05) is 19.6 Å². The van der Waals surface area contributed by atoms with Gasteiger partial charge in [-0.3, -0.25) is 0 Å². The summed E-state index contributed by atoms with van der Waals surface area (Å²) in [6, 6.07) is 6.15. The fraction of sp³-hybridized carbons (Fsp3) is 0.467. The first-order valence-electron chi connectivity index (χ1n) is 6.48. The van der Waals surface area contributed by atoms with E-state index in [-0.39, 0.29) is 5.41 Å². The first-order valence-corrected chi connectivity index (χ1v) is 6.48. The van der Waals surface area contributed by atoms with Crippen LogP contribution in [0.25, 0.3) is 0 Å². The average molecular weight is 245 g/mol. The van der Waals surface area contributed by atoms with Gasteiger partial charge >= 0.3 is 0 Å². The summed E-state index contributed by atoms with van der Waals surface area (Å²) in [6.45, 7) is 7.51. The zero-order valence-corrected chi connectivity index (χ0v) is 10.7. The normalized spacial score (nSPS) is 23.3. The van der Waals surface area contributed by atoms with Crippen molar-refractivity contribution < 1.29 is 9.47 Å². The molecule has 2 fully saturated rings. The summed E-state index contributed by atoms with van der Waals surface area (Å²) in [5.74, 6) is 0.984. The Morgan fingerprint density at radius 2 is 2.33 bits per heavy atom. The standard InChI is InChI=1S/C15H19NO2/c1-3-16-12-5-4-6-13(18-10-11-9-17-11)14(12)15(2)7-8-15/h3-6,11,16H,1,7-10H2,2H3. The molecule has 0 spiro atoms. The van der Waals surface area contributed by atoms with Crippen LogP contribution in [0.1, 0.15) is 25.3 Å². The Labute approximate surface area is 108 Å². The minimum Gasteiger partial charge on any atom is -0.490 e. The molecule has 1 aliphatic heterocycles. The van der Waals surface area contributed by atoms with E-state index in [4.69, 9.17) is 9.47 Å². The minimum absolute atomic E-state index is 0.256. The number of nitrogens with one attached hydrogen (secondary N) is 1. The van der Waals surface area contributed by atoms with E-state index in [2.05, 4.69) is 31.0 Å². The molecule has 18 heavy (non-hydrogen) atoms. The van der Waals surface area contributed by atoms with Gasteiger partial charge < -0.3 is 14.8 Å². The molecule has 0 bridgehead atoms. The summed E-state index contributed by atoms with van der Waals surface area (Å²) in [4.78, 5) is 0. The van der Waals surface area contributed by atoms with Gasteiger partial charge in [0, 0.05) is 11.3 Å². The zero-order chi connectivity index (χ0) is 12.6. The van der Waals surface area contributed by atoms with Gasteiger partial charge in [0.05, 0.1) is 6.61 Å². The Hall–Kier alpha value is -1.48. The molecule has 1 aromatic carbocycles. The highest BCUT2D eigenvalue weighted by Crippen LogP contribution is 2.53. The maximum absolute atomic E-state index is 5.92. The summed E-state index contributed by atoms with van der Waals surface area (Å²) in [5.41, 5.74) is 2.65. The minimum atomic E-state index is 0.256. The Morgan fingerprint density at radius 1 is 1.56 bits per heavy atom. The molecule has 1 unspecified atom stereocenters. The van der Waals surface area contributed by atoms with E-state index in [1.807, 2.05) is 6.07 Å². The topological polar surface area (TPSA) is 33.8 Å². The smallest absolute Gasteiger partial charge is 0.125 e. The SMILES string of the molecule is C=CNc1cccc(OCC2CO2)c1C1(C)CC1. The van der Waals surface area contributed by atoms with E-state index in [9.17, 15) is 0 Å². The highest BCUT2D eigenvalue weighted by Gasteiger charge is 2.43. The van der Waals surface area contributed by atoms with Crippen LogP contribution in [0.3, 0.4) is 0 Å². The molecule has 2 aliphatic rings. The van der Waals surface area contributed by atoms with Gasteiger partial charge in [-0.05, 0) is 36.6 Å². The number of ether oxygens (including phenoxy) is 2. The lowest BCUT2D eigenvalue weighted by atomic mass is 9.95. The Kier molecular flexibility index (Phi) is 2.78. The fourth-order valence-electron chi connectivity index (χ4n) is 2.29. The van der Waals surface area contributed by atoms with Gasteiger partial charge in [-0.25, -0.2) is 0 Å². The Balaban J connectivity index is 1.89. The number of benzene rings is 1. The number of hydrogen-bond donors (Lipinski definition) is 1. The largest absolute Gasteiger partial charge is 0.490 e. The van der Waals surface area contributed by atoms with E-state index in [1.165, 1.54) is 18.4 Å². The third kappa shape index (κ3) is 2.23. The van der Waals surface area contributed by atoms with Crippen LogP contribution in [-0.4, -0.2) is 19.3 Å². The monoisotopic (exact) mass is 245 g/mol. The summed E-state index contributed by atoms with van der Waals surface area (Å²) < 4.78 is 11.1. The summed E-state index contributed by atoms with van der Waals surface area (Å²) in [6.07, 6.45) is 4.46. The molecule has 3 nitrogen and oxygen atoms in total. The average Bonchev–Trinajstić information content (AvgIpc) is 3.25. The lowest BCUT2D eigenvalue weighted by molar-refractivity contribution is 0.260. The molecule has 1 saturated carbocycles. The molecule has 0 aromatic heterocycles. The van der Waals surface area contributed by atoms with Crippen molar-refractivity contribution in [2.45, 2.75) is 31.3 Å². The van der Waals surface area contributed by atoms with E-state index >= 15 is 0 Å². The van der Waals surface area contributed by atoms with Crippen molar-refractivity contribution in [3.63, 3.8) is 0 Å². The van der Waals surface area contributed by atoms with Crippen molar-refractivity contribution in [2.24, 2.45) is 0 Å². The third-order valence-electron chi connectivity index (χ3n) is 3.71. The van der Waals surface area contributed by atoms with Gasteiger partial charge in [0.15, 0.2) is 0 Å². The molecule has 1 heterocycles. The van der Waals surface area contributed by atoms with E-state index < -0.39 is 0 Å². The van der Waals surface area contributed by atoms with Crippen LogP contribution in [0, 0.1) is 0 Å². The first kappa shape index (κ1) is 11.6. The summed E-state index contributed by atoms with van der Waals surface area (Å²) in [7, 11) is 0. The molecule has 3 heteroatoms. The Morgan fingerprint density at radius 3 is 2.94 bits per heavy atom. The van der Waals surface area contributed by atoms with Crippen molar-refractivity contribution in [1.29, 1.82) is 0 Å². The Bertz CT molecular complexity index is 462.